The van der Waals surface area contributed by atoms with Gasteiger partial charge >= 0.3 is 5.76 Å². The molecule has 0 saturated heterocycles. The van der Waals surface area contributed by atoms with Crippen molar-refractivity contribution in [3.63, 3.8) is 0 Å². The fourth-order valence-electron chi connectivity index (χ4n) is 2.00. The van der Waals surface area contributed by atoms with E-state index in [1.165, 1.54) is 12.1 Å². The Hall–Kier alpha value is -2.76. The van der Waals surface area contributed by atoms with Gasteiger partial charge in [0.2, 0.25) is 0 Å². The van der Waals surface area contributed by atoms with Gasteiger partial charge in [0.1, 0.15) is 5.82 Å². The molecule has 0 bridgehead atoms. The number of aryl methyl sites for hydroxylation is 1. The van der Waals surface area contributed by atoms with E-state index in [0.717, 1.165) is 5.56 Å². The van der Waals surface area contributed by atoms with Gasteiger partial charge in [-0.3, -0.25) is 4.98 Å². The first kappa shape index (κ1) is 12.3. The number of nitrogens with two attached hydrogens (primary N) is 1. The highest BCUT2D eigenvalue weighted by Gasteiger charge is 2.09. The number of hydrogen-bond donors (Lipinski definition) is 3. The van der Waals surface area contributed by atoms with Crippen molar-refractivity contribution in [2.75, 3.05) is 11.1 Å². The zero-order chi connectivity index (χ0) is 14.3. The minimum Gasteiger partial charge on any atom is -0.408 e. The maximum absolute atomic E-state index is 13.7. The normalized spacial score (nSPS) is 10.9. The van der Waals surface area contributed by atoms with Crippen LogP contribution in [0.15, 0.2) is 39.5 Å². The lowest BCUT2D eigenvalue weighted by atomic mass is 10.2. The number of anilines is 3. The van der Waals surface area contributed by atoms with E-state index in [4.69, 9.17) is 10.2 Å². The fraction of sp³-hybridized carbons (Fsp3) is 0.0714. The van der Waals surface area contributed by atoms with Gasteiger partial charge in [-0.2, -0.15) is 0 Å². The van der Waals surface area contributed by atoms with Crippen LogP contribution in [0.1, 0.15) is 5.56 Å². The molecular formula is C14H12FN3O2. The lowest BCUT2D eigenvalue weighted by molar-refractivity contribution is 0.555. The second-order valence-corrected chi connectivity index (χ2v) is 4.56. The topological polar surface area (TPSA) is 84.0 Å². The molecule has 0 unspecified atom stereocenters. The summed E-state index contributed by atoms with van der Waals surface area (Å²) >= 11 is 0. The minimum atomic E-state index is -0.557. The molecule has 0 aliphatic rings. The number of H-pyrrole nitrogens is 1. The second-order valence-electron chi connectivity index (χ2n) is 4.56. The largest absolute Gasteiger partial charge is 0.417 e. The van der Waals surface area contributed by atoms with Gasteiger partial charge in [-0.25, -0.2) is 9.18 Å². The van der Waals surface area contributed by atoms with Crippen LogP contribution in [-0.4, -0.2) is 4.98 Å². The van der Waals surface area contributed by atoms with E-state index in [2.05, 4.69) is 10.3 Å². The zero-order valence-electron chi connectivity index (χ0n) is 10.7. The van der Waals surface area contributed by atoms with Crippen LogP contribution in [0, 0.1) is 12.7 Å². The highest BCUT2D eigenvalue weighted by atomic mass is 19.1. The number of fused-ring (bicyclic) bond motifs is 1. The van der Waals surface area contributed by atoms with Crippen LogP contribution in [0.4, 0.5) is 21.5 Å². The summed E-state index contributed by atoms with van der Waals surface area (Å²) in [6, 6.07) is 7.87. The van der Waals surface area contributed by atoms with E-state index in [0.29, 0.717) is 28.2 Å². The molecule has 0 aliphatic heterocycles. The van der Waals surface area contributed by atoms with Crippen LogP contribution in [0.3, 0.4) is 0 Å². The summed E-state index contributed by atoms with van der Waals surface area (Å²) in [4.78, 5) is 13.7. The van der Waals surface area contributed by atoms with Crippen LogP contribution in [0.2, 0.25) is 0 Å². The van der Waals surface area contributed by atoms with Gasteiger partial charge < -0.3 is 15.5 Å². The third kappa shape index (κ3) is 2.11. The summed E-state index contributed by atoms with van der Waals surface area (Å²) in [6.45, 7) is 1.87. The number of oxazole rings is 1. The molecule has 3 rings (SSSR count). The molecule has 3 aromatic rings. The van der Waals surface area contributed by atoms with Crippen molar-refractivity contribution in [1.82, 2.24) is 4.98 Å². The van der Waals surface area contributed by atoms with Crippen molar-refractivity contribution in [1.29, 1.82) is 0 Å². The van der Waals surface area contributed by atoms with Gasteiger partial charge in [0.05, 0.1) is 22.6 Å². The van der Waals surface area contributed by atoms with E-state index in [1.807, 2.05) is 6.92 Å². The number of halogens is 1. The molecule has 20 heavy (non-hydrogen) atoms. The second kappa shape index (κ2) is 4.41. The summed E-state index contributed by atoms with van der Waals surface area (Å²) < 4.78 is 18.6. The van der Waals surface area contributed by atoms with Gasteiger partial charge in [-0.15, -0.1) is 0 Å². The summed E-state index contributed by atoms with van der Waals surface area (Å²) in [7, 11) is 0. The molecule has 0 saturated carbocycles. The number of nitrogen functional groups attached to an aromatic ring is 1. The molecule has 0 fully saturated rings. The molecule has 0 amide bonds. The number of rotatable bonds is 2. The summed E-state index contributed by atoms with van der Waals surface area (Å²) in [5.41, 5.74) is 8.84. The average Bonchev–Trinajstić information content (AvgIpc) is 2.73. The van der Waals surface area contributed by atoms with Gasteiger partial charge in [-0.1, -0.05) is 6.07 Å². The first-order valence-corrected chi connectivity index (χ1v) is 5.98. The predicted octanol–water partition coefficient (Wildman–Crippen LogP) is 2.89. The average molecular weight is 273 g/mol. The molecule has 1 heterocycles. The van der Waals surface area contributed by atoms with E-state index in [-0.39, 0.29) is 5.82 Å². The molecule has 1 aromatic heterocycles. The van der Waals surface area contributed by atoms with Crippen LogP contribution in [-0.2, 0) is 0 Å². The monoisotopic (exact) mass is 273 g/mol. The van der Waals surface area contributed by atoms with Crippen molar-refractivity contribution < 1.29 is 8.81 Å². The molecular weight excluding hydrogens is 261 g/mol. The Morgan fingerprint density at radius 2 is 2.05 bits per heavy atom. The lowest BCUT2D eigenvalue weighted by Gasteiger charge is -2.10. The molecule has 6 heteroatoms. The molecule has 102 valence electrons. The Labute approximate surface area is 113 Å². The number of hydrogen-bond acceptors (Lipinski definition) is 4. The molecule has 0 aliphatic carbocycles. The van der Waals surface area contributed by atoms with Crippen molar-refractivity contribution in [2.24, 2.45) is 0 Å². The van der Waals surface area contributed by atoms with Gasteiger partial charge in [-0.05, 0) is 30.7 Å². The van der Waals surface area contributed by atoms with Crippen molar-refractivity contribution in [2.45, 2.75) is 6.92 Å². The third-order valence-electron chi connectivity index (χ3n) is 2.98. The SMILES string of the molecule is Cc1ccc(F)c(Nc2cc3[nH]c(=O)oc3cc2N)c1. The Kier molecular flexibility index (Phi) is 2.71. The quantitative estimate of drug-likeness (QED) is 0.627. The Bertz CT molecular complexity index is 851. The maximum Gasteiger partial charge on any atom is 0.417 e. The first-order valence-electron chi connectivity index (χ1n) is 5.98. The van der Waals surface area contributed by atoms with Gasteiger partial charge in [0, 0.05) is 6.07 Å². The van der Waals surface area contributed by atoms with Crippen molar-refractivity contribution >= 4 is 28.2 Å². The predicted molar refractivity (Wildman–Crippen MR) is 75.7 cm³/mol. The molecule has 4 N–H and O–H groups in total. The van der Waals surface area contributed by atoms with Crippen LogP contribution >= 0.6 is 0 Å². The van der Waals surface area contributed by atoms with E-state index in [1.54, 1.807) is 18.2 Å². The van der Waals surface area contributed by atoms with Crippen LogP contribution < -0.4 is 16.8 Å². The highest BCUT2D eigenvalue weighted by molar-refractivity contribution is 5.87. The van der Waals surface area contributed by atoms with Gasteiger partial charge in [0.15, 0.2) is 5.58 Å². The Morgan fingerprint density at radius 1 is 1.25 bits per heavy atom. The number of aromatic nitrogens is 1. The van der Waals surface area contributed by atoms with Gasteiger partial charge in [0.25, 0.3) is 0 Å². The third-order valence-corrected chi connectivity index (χ3v) is 2.98. The maximum atomic E-state index is 13.7. The summed E-state index contributed by atoms with van der Waals surface area (Å²) in [5, 5.41) is 2.92. The van der Waals surface area contributed by atoms with E-state index >= 15 is 0 Å². The smallest absolute Gasteiger partial charge is 0.408 e. The Morgan fingerprint density at radius 3 is 2.85 bits per heavy atom. The first-order chi connectivity index (χ1) is 9.52. The van der Waals surface area contributed by atoms with Crippen LogP contribution in [0.25, 0.3) is 11.1 Å². The summed E-state index contributed by atoms with van der Waals surface area (Å²) in [5.74, 6) is -0.936. The van der Waals surface area contributed by atoms with Crippen LogP contribution in [0.5, 0.6) is 0 Å². The summed E-state index contributed by atoms with van der Waals surface area (Å²) in [6.07, 6.45) is 0. The molecule has 0 atom stereocenters. The van der Waals surface area contributed by atoms with E-state index in [9.17, 15) is 9.18 Å². The van der Waals surface area contributed by atoms with E-state index < -0.39 is 5.76 Å². The number of nitrogens with one attached hydrogen (secondary N) is 2. The zero-order valence-corrected chi connectivity index (χ0v) is 10.7. The minimum absolute atomic E-state index is 0.321. The molecule has 0 spiro atoms. The fourth-order valence-corrected chi connectivity index (χ4v) is 2.00. The standard InChI is InChI=1S/C14H12FN3O2/c1-7-2-3-8(15)10(4-7)17-11-6-12-13(5-9(11)16)20-14(19)18-12/h2-6,17H,16H2,1H3,(H,18,19). The molecule has 2 aromatic carbocycles. The number of benzene rings is 2. The lowest BCUT2D eigenvalue weighted by Crippen LogP contribution is -1.99. The van der Waals surface area contributed by atoms with Crippen molar-refractivity contribution in [3.8, 4) is 0 Å². The molecule has 0 radical (unpaired) electrons. The van der Waals surface area contributed by atoms with Crippen molar-refractivity contribution in [3.05, 3.63) is 52.3 Å². The Balaban J connectivity index is 2.07. The molecule has 5 nitrogen and oxygen atoms in total. The highest BCUT2D eigenvalue weighted by Crippen LogP contribution is 2.29. The number of aromatic amines is 1.